The van der Waals surface area contributed by atoms with Crippen LogP contribution in [0.2, 0.25) is 0 Å². The number of rotatable bonds is 6. The number of aryl methyl sites for hydroxylation is 1. The van der Waals surface area contributed by atoms with Crippen molar-refractivity contribution in [1.29, 1.82) is 0 Å². The average Bonchev–Trinajstić information content (AvgIpc) is 2.88. The maximum Gasteiger partial charge on any atom is 0.140 e. The Morgan fingerprint density at radius 1 is 1.33 bits per heavy atom. The minimum absolute atomic E-state index is 0.245. The molecule has 1 atom stereocenters. The summed E-state index contributed by atoms with van der Waals surface area (Å²) >= 11 is 1.59. The molecule has 1 heterocycles. The van der Waals surface area contributed by atoms with Gasteiger partial charge in [-0.3, -0.25) is 0 Å². The molecule has 0 aliphatic carbocycles. The normalized spacial score (nSPS) is 12.3. The highest BCUT2D eigenvalue weighted by Gasteiger charge is 2.00. The van der Waals surface area contributed by atoms with Gasteiger partial charge in [0.2, 0.25) is 0 Å². The molecule has 0 aliphatic heterocycles. The van der Waals surface area contributed by atoms with Crippen LogP contribution < -0.4 is 4.74 Å². The van der Waals surface area contributed by atoms with E-state index in [1.165, 1.54) is 5.56 Å². The summed E-state index contributed by atoms with van der Waals surface area (Å²) in [5.41, 5.74) is 1.22. The number of aromatic nitrogens is 1. The highest BCUT2D eigenvalue weighted by molar-refractivity contribution is 7.09. The van der Waals surface area contributed by atoms with Gasteiger partial charge in [-0.25, -0.2) is 4.98 Å². The first kappa shape index (κ1) is 13.1. The quantitative estimate of drug-likeness (QED) is 0.871. The second-order valence-corrected chi connectivity index (χ2v) is 5.23. The fraction of sp³-hybridized carbons (Fsp3) is 0.357. The molecule has 0 saturated heterocycles. The van der Waals surface area contributed by atoms with Gasteiger partial charge in [-0.2, -0.15) is 0 Å². The third-order valence-electron chi connectivity index (χ3n) is 2.62. The Hall–Kier alpha value is -1.39. The molecule has 1 aromatic carbocycles. The number of nitrogens with zero attached hydrogens (tertiary/aromatic N) is 1. The average molecular weight is 263 g/mol. The third kappa shape index (κ3) is 4.13. The largest absolute Gasteiger partial charge is 0.486 e. The second-order valence-electron chi connectivity index (χ2n) is 4.25. The molecule has 0 saturated carbocycles. The lowest BCUT2D eigenvalue weighted by molar-refractivity contribution is 0.185. The van der Waals surface area contributed by atoms with E-state index in [0.29, 0.717) is 6.61 Å². The summed E-state index contributed by atoms with van der Waals surface area (Å²) in [6, 6.07) is 8.01. The van der Waals surface area contributed by atoms with Crippen LogP contribution >= 0.6 is 11.3 Å². The molecule has 0 spiro atoms. The molecule has 1 N–H and O–H groups in total. The number of ether oxygens (including phenoxy) is 1. The molecule has 2 rings (SSSR count). The van der Waals surface area contributed by atoms with Crippen LogP contribution in [0.1, 0.15) is 23.9 Å². The Morgan fingerprint density at radius 3 is 2.72 bits per heavy atom. The number of hydrogen-bond acceptors (Lipinski definition) is 4. The van der Waals surface area contributed by atoms with Gasteiger partial charge in [-0.1, -0.05) is 12.1 Å². The molecule has 1 unspecified atom stereocenters. The second kappa shape index (κ2) is 6.52. The number of aliphatic hydroxyl groups excluding tert-OH is 1. The Morgan fingerprint density at radius 2 is 2.11 bits per heavy atom. The number of benzene rings is 1. The van der Waals surface area contributed by atoms with Gasteiger partial charge in [0.15, 0.2) is 0 Å². The first-order chi connectivity index (χ1) is 8.74. The maximum atomic E-state index is 9.23. The minimum Gasteiger partial charge on any atom is -0.486 e. The fourth-order valence-corrected chi connectivity index (χ4v) is 2.12. The fourth-order valence-electron chi connectivity index (χ4n) is 1.60. The molecule has 18 heavy (non-hydrogen) atoms. The van der Waals surface area contributed by atoms with E-state index in [4.69, 9.17) is 4.74 Å². The van der Waals surface area contributed by atoms with E-state index in [2.05, 4.69) is 4.98 Å². The van der Waals surface area contributed by atoms with Gasteiger partial charge in [-0.05, 0) is 37.5 Å². The lowest BCUT2D eigenvalue weighted by atomic mass is 10.1. The molecular weight excluding hydrogens is 246 g/mol. The summed E-state index contributed by atoms with van der Waals surface area (Å²) in [4.78, 5) is 4.16. The lowest BCUT2D eigenvalue weighted by Gasteiger charge is -2.07. The van der Waals surface area contributed by atoms with Crippen LogP contribution in [-0.4, -0.2) is 16.2 Å². The summed E-state index contributed by atoms with van der Waals surface area (Å²) in [6.45, 7) is 2.33. The van der Waals surface area contributed by atoms with E-state index in [1.807, 2.05) is 36.6 Å². The van der Waals surface area contributed by atoms with Gasteiger partial charge >= 0.3 is 0 Å². The molecule has 1 aromatic heterocycles. The summed E-state index contributed by atoms with van der Waals surface area (Å²) in [7, 11) is 0. The Balaban J connectivity index is 1.83. The number of aliphatic hydroxyl groups is 1. The maximum absolute atomic E-state index is 9.23. The predicted molar refractivity (Wildman–Crippen MR) is 72.9 cm³/mol. The summed E-state index contributed by atoms with van der Waals surface area (Å²) in [5.74, 6) is 0.853. The first-order valence-electron chi connectivity index (χ1n) is 6.02. The number of thiazole rings is 1. The van der Waals surface area contributed by atoms with Crippen molar-refractivity contribution in [2.75, 3.05) is 0 Å². The third-order valence-corrected chi connectivity index (χ3v) is 3.37. The SMILES string of the molecule is CC(O)CCc1ccc(OCc2nccs2)cc1. The van der Waals surface area contributed by atoms with Gasteiger partial charge in [0.05, 0.1) is 6.10 Å². The van der Waals surface area contributed by atoms with Crippen molar-refractivity contribution in [2.45, 2.75) is 32.5 Å². The molecule has 0 bridgehead atoms. The smallest absolute Gasteiger partial charge is 0.140 e. The molecule has 0 fully saturated rings. The van der Waals surface area contributed by atoms with E-state index in [-0.39, 0.29) is 6.10 Å². The molecule has 3 nitrogen and oxygen atoms in total. The van der Waals surface area contributed by atoms with Crippen LogP contribution in [-0.2, 0) is 13.0 Å². The standard InChI is InChI=1S/C14H17NO2S/c1-11(16)2-3-12-4-6-13(7-5-12)17-10-14-15-8-9-18-14/h4-9,11,16H,2-3,10H2,1H3. The van der Waals surface area contributed by atoms with E-state index < -0.39 is 0 Å². The lowest BCUT2D eigenvalue weighted by Crippen LogP contribution is -2.01. The minimum atomic E-state index is -0.245. The predicted octanol–water partition coefficient (Wildman–Crippen LogP) is 3.04. The van der Waals surface area contributed by atoms with Crippen LogP contribution in [0.5, 0.6) is 5.75 Å². The van der Waals surface area contributed by atoms with Crippen molar-refractivity contribution in [3.63, 3.8) is 0 Å². The topological polar surface area (TPSA) is 42.4 Å². The van der Waals surface area contributed by atoms with Crippen molar-refractivity contribution in [3.05, 3.63) is 46.4 Å². The summed E-state index contributed by atoms with van der Waals surface area (Å²) < 4.78 is 5.63. The molecule has 0 radical (unpaired) electrons. The molecule has 2 aromatic rings. The van der Waals surface area contributed by atoms with Gasteiger partial charge < -0.3 is 9.84 Å². The highest BCUT2D eigenvalue weighted by atomic mass is 32.1. The molecule has 0 aliphatic rings. The van der Waals surface area contributed by atoms with E-state index in [9.17, 15) is 5.11 Å². The monoisotopic (exact) mass is 263 g/mol. The molecule has 0 amide bonds. The molecule has 96 valence electrons. The van der Waals surface area contributed by atoms with Crippen LogP contribution in [0, 0.1) is 0 Å². The van der Waals surface area contributed by atoms with Gasteiger partial charge in [-0.15, -0.1) is 11.3 Å². The molecular formula is C14H17NO2S. The Bertz CT molecular complexity index is 451. The van der Waals surface area contributed by atoms with Crippen LogP contribution in [0.4, 0.5) is 0 Å². The van der Waals surface area contributed by atoms with E-state index in [0.717, 1.165) is 23.6 Å². The zero-order chi connectivity index (χ0) is 12.8. The van der Waals surface area contributed by atoms with Crippen molar-refractivity contribution < 1.29 is 9.84 Å². The van der Waals surface area contributed by atoms with Gasteiger partial charge in [0.25, 0.3) is 0 Å². The zero-order valence-electron chi connectivity index (χ0n) is 10.4. The van der Waals surface area contributed by atoms with Crippen molar-refractivity contribution in [2.24, 2.45) is 0 Å². The van der Waals surface area contributed by atoms with Crippen molar-refractivity contribution in [1.82, 2.24) is 4.98 Å². The van der Waals surface area contributed by atoms with Crippen LogP contribution in [0.15, 0.2) is 35.8 Å². The molecule has 4 heteroatoms. The number of hydrogen-bond donors (Lipinski definition) is 1. The first-order valence-corrected chi connectivity index (χ1v) is 6.90. The van der Waals surface area contributed by atoms with Crippen LogP contribution in [0.3, 0.4) is 0 Å². The zero-order valence-corrected chi connectivity index (χ0v) is 11.2. The van der Waals surface area contributed by atoms with E-state index in [1.54, 1.807) is 17.5 Å². The highest BCUT2D eigenvalue weighted by Crippen LogP contribution is 2.16. The van der Waals surface area contributed by atoms with Gasteiger partial charge in [0, 0.05) is 11.6 Å². The Kier molecular flexibility index (Phi) is 4.73. The summed E-state index contributed by atoms with van der Waals surface area (Å²) in [6.07, 6.45) is 3.22. The van der Waals surface area contributed by atoms with Crippen LogP contribution in [0.25, 0.3) is 0 Å². The Labute approximate surface area is 111 Å². The van der Waals surface area contributed by atoms with Gasteiger partial charge in [0.1, 0.15) is 17.4 Å². The van der Waals surface area contributed by atoms with Crippen molar-refractivity contribution >= 4 is 11.3 Å². The van der Waals surface area contributed by atoms with E-state index >= 15 is 0 Å². The summed E-state index contributed by atoms with van der Waals surface area (Å²) in [5, 5.41) is 12.1. The van der Waals surface area contributed by atoms with Crippen molar-refractivity contribution in [3.8, 4) is 5.75 Å².